The van der Waals surface area contributed by atoms with Crippen LogP contribution >= 0.6 is 0 Å². The second-order valence-electron chi connectivity index (χ2n) is 4.33. The molecule has 1 N–H and O–H groups in total. The van der Waals surface area contributed by atoms with E-state index in [9.17, 15) is 9.59 Å². The third kappa shape index (κ3) is 2.40. The van der Waals surface area contributed by atoms with Crippen LogP contribution in [0.4, 0.5) is 0 Å². The molecule has 0 spiro atoms. The average Bonchev–Trinajstić information content (AvgIpc) is 2.96. The highest BCUT2D eigenvalue weighted by atomic mass is 16.5. The molecule has 21 heavy (non-hydrogen) atoms. The van der Waals surface area contributed by atoms with E-state index in [0.717, 1.165) is 5.39 Å². The van der Waals surface area contributed by atoms with Crippen LogP contribution in [0.3, 0.4) is 0 Å². The Morgan fingerprint density at radius 1 is 1.38 bits per heavy atom. The molecule has 7 heteroatoms. The lowest BCUT2D eigenvalue weighted by Gasteiger charge is -2.04. The Morgan fingerprint density at radius 2 is 2.19 bits per heavy atom. The van der Waals surface area contributed by atoms with Gasteiger partial charge in [-0.3, -0.25) is 4.79 Å². The predicted molar refractivity (Wildman–Crippen MR) is 75.4 cm³/mol. The van der Waals surface area contributed by atoms with E-state index in [-0.39, 0.29) is 17.9 Å². The number of para-hydroxylation sites is 1. The molecule has 0 aliphatic carbocycles. The Balaban J connectivity index is 2.13. The molecule has 0 unspecified atom stereocenters. The van der Waals surface area contributed by atoms with Gasteiger partial charge in [0.25, 0.3) is 5.56 Å². The number of rotatable bonds is 3. The monoisotopic (exact) mass is 284 g/mol. The molecule has 106 valence electrons. The molecule has 7 nitrogen and oxygen atoms in total. The van der Waals surface area contributed by atoms with Crippen LogP contribution < -0.4 is 5.56 Å². The first kappa shape index (κ1) is 13.0. The highest BCUT2D eigenvalue weighted by Crippen LogP contribution is 2.18. The van der Waals surface area contributed by atoms with Crippen LogP contribution in [0, 0.1) is 0 Å². The van der Waals surface area contributed by atoms with E-state index in [4.69, 9.17) is 4.74 Å². The summed E-state index contributed by atoms with van der Waals surface area (Å²) < 4.78 is 6.26. The summed E-state index contributed by atoms with van der Waals surface area (Å²) in [6, 6.07) is 8.74. The Hall–Kier alpha value is -2.96. The number of aromatic nitrogens is 4. The second kappa shape index (κ2) is 5.20. The van der Waals surface area contributed by atoms with Gasteiger partial charge in [0, 0.05) is 11.5 Å². The summed E-state index contributed by atoms with van der Waals surface area (Å²) in [7, 11) is 0. The Bertz CT molecular complexity index is 866. The Kier molecular flexibility index (Phi) is 3.23. The number of hydrogen-bond donors (Lipinski definition) is 1. The van der Waals surface area contributed by atoms with E-state index in [1.54, 1.807) is 13.0 Å². The number of ether oxygens (including phenoxy) is 1. The molecule has 3 aromatic rings. The third-order valence-corrected chi connectivity index (χ3v) is 2.95. The fraction of sp³-hybridized carbons (Fsp3) is 0.143. The van der Waals surface area contributed by atoms with Crippen molar-refractivity contribution in [1.29, 1.82) is 0 Å². The van der Waals surface area contributed by atoms with E-state index in [0.29, 0.717) is 11.2 Å². The van der Waals surface area contributed by atoms with Gasteiger partial charge in [-0.2, -0.15) is 0 Å². The zero-order chi connectivity index (χ0) is 14.8. The Labute approximate surface area is 119 Å². The predicted octanol–water partition coefficient (Wildman–Crippen LogP) is 1.29. The first-order valence-corrected chi connectivity index (χ1v) is 6.41. The maximum Gasteiger partial charge on any atom is 0.360 e. The van der Waals surface area contributed by atoms with Crippen molar-refractivity contribution >= 4 is 16.9 Å². The van der Waals surface area contributed by atoms with Crippen molar-refractivity contribution in [1.82, 2.24) is 20.0 Å². The van der Waals surface area contributed by atoms with Crippen LogP contribution in [-0.2, 0) is 4.74 Å². The molecular formula is C14H12N4O3. The minimum atomic E-state index is -0.544. The summed E-state index contributed by atoms with van der Waals surface area (Å²) in [5.41, 5.74) is 1.09. The van der Waals surface area contributed by atoms with E-state index >= 15 is 0 Å². The molecule has 2 aromatic heterocycles. The SMILES string of the molecule is CCOC(=O)c1cn(-c2cc(=O)[nH]c3ccccc23)nn1. The van der Waals surface area contributed by atoms with Crippen molar-refractivity contribution in [3.63, 3.8) is 0 Å². The van der Waals surface area contributed by atoms with Gasteiger partial charge in [-0.25, -0.2) is 9.48 Å². The van der Waals surface area contributed by atoms with Crippen LogP contribution in [0.15, 0.2) is 41.3 Å². The summed E-state index contributed by atoms with van der Waals surface area (Å²) in [5.74, 6) is -0.544. The lowest BCUT2D eigenvalue weighted by molar-refractivity contribution is 0.0519. The summed E-state index contributed by atoms with van der Waals surface area (Å²) in [4.78, 5) is 26.1. The van der Waals surface area contributed by atoms with E-state index in [1.807, 2.05) is 18.2 Å². The zero-order valence-corrected chi connectivity index (χ0v) is 11.2. The second-order valence-corrected chi connectivity index (χ2v) is 4.33. The van der Waals surface area contributed by atoms with Gasteiger partial charge in [-0.1, -0.05) is 23.4 Å². The van der Waals surface area contributed by atoms with Crippen molar-refractivity contribution in [2.24, 2.45) is 0 Å². The topological polar surface area (TPSA) is 89.9 Å². The number of carbonyl (C=O) groups is 1. The van der Waals surface area contributed by atoms with Gasteiger partial charge in [0.2, 0.25) is 0 Å². The number of H-pyrrole nitrogens is 1. The maximum absolute atomic E-state index is 11.7. The van der Waals surface area contributed by atoms with Gasteiger partial charge in [-0.05, 0) is 13.0 Å². The number of nitrogens with one attached hydrogen (secondary N) is 1. The molecule has 0 aliphatic rings. The summed E-state index contributed by atoms with van der Waals surface area (Å²) in [6.45, 7) is 1.98. The molecule has 0 saturated carbocycles. The fourth-order valence-corrected chi connectivity index (χ4v) is 2.06. The number of benzene rings is 1. The van der Waals surface area contributed by atoms with Crippen LogP contribution in [0.1, 0.15) is 17.4 Å². The van der Waals surface area contributed by atoms with Crippen molar-refractivity contribution in [2.75, 3.05) is 6.61 Å². The van der Waals surface area contributed by atoms with E-state index in [1.165, 1.54) is 16.9 Å². The number of carbonyl (C=O) groups excluding carboxylic acids is 1. The number of pyridine rings is 1. The first-order chi connectivity index (χ1) is 10.2. The molecule has 0 fully saturated rings. The van der Waals surface area contributed by atoms with Crippen molar-refractivity contribution < 1.29 is 9.53 Å². The first-order valence-electron chi connectivity index (χ1n) is 6.41. The average molecular weight is 284 g/mol. The third-order valence-electron chi connectivity index (χ3n) is 2.95. The number of esters is 1. The lowest BCUT2D eigenvalue weighted by Crippen LogP contribution is -2.08. The standard InChI is InChI=1S/C14H12N4O3/c1-2-21-14(20)11-8-18(17-16-11)12-7-13(19)15-10-6-4-3-5-9(10)12/h3-8H,2H2,1H3,(H,15,19). The summed E-state index contributed by atoms with van der Waals surface area (Å²) >= 11 is 0. The Morgan fingerprint density at radius 3 is 3.00 bits per heavy atom. The van der Waals surface area contributed by atoms with Gasteiger partial charge in [0.05, 0.1) is 24.0 Å². The van der Waals surface area contributed by atoms with E-state index < -0.39 is 5.97 Å². The smallest absolute Gasteiger partial charge is 0.360 e. The van der Waals surface area contributed by atoms with Crippen LogP contribution in [0.5, 0.6) is 0 Å². The largest absolute Gasteiger partial charge is 0.461 e. The highest BCUT2D eigenvalue weighted by molar-refractivity contribution is 5.88. The molecule has 0 saturated heterocycles. The van der Waals surface area contributed by atoms with Crippen LogP contribution in [0.2, 0.25) is 0 Å². The number of fused-ring (bicyclic) bond motifs is 1. The molecule has 0 atom stereocenters. The fourth-order valence-electron chi connectivity index (χ4n) is 2.06. The minimum absolute atomic E-state index is 0.0983. The van der Waals surface area contributed by atoms with Gasteiger partial charge in [0.15, 0.2) is 5.69 Å². The van der Waals surface area contributed by atoms with Crippen LogP contribution in [-0.4, -0.2) is 32.6 Å². The number of hydrogen-bond acceptors (Lipinski definition) is 5. The minimum Gasteiger partial charge on any atom is -0.461 e. The van der Waals surface area contributed by atoms with Crippen molar-refractivity contribution in [3.8, 4) is 5.69 Å². The molecule has 0 amide bonds. The lowest BCUT2D eigenvalue weighted by atomic mass is 10.2. The summed E-state index contributed by atoms with van der Waals surface area (Å²) in [5, 5.41) is 8.47. The molecular weight excluding hydrogens is 272 g/mol. The van der Waals surface area contributed by atoms with Gasteiger partial charge < -0.3 is 9.72 Å². The maximum atomic E-state index is 11.7. The molecule has 0 radical (unpaired) electrons. The molecule has 2 heterocycles. The zero-order valence-electron chi connectivity index (χ0n) is 11.2. The van der Waals surface area contributed by atoms with Gasteiger partial charge >= 0.3 is 5.97 Å². The quantitative estimate of drug-likeness (QED) is 0.732. The number of aromatic amines is 1. The van der Waals surface area contributed by atoms with E-state index in [2.05, 4.69) is 15.3 Å². The van der Waals surface area contributed by atoms with Crippen LogP contribution in [0.25, 0.3) is 16.6 Å². The molecule has 3 rings (SSSR count). The molecule has 0 aliphatic heterocycles. The number of nitrogens with zero attached hydrogens (tertiary/aromatic N) is 3. The van der Waals surface area contributed by atoms with Crippen molar-refractivity contribution in [3.05, 3.63) is 52.6 Å². The molecule has 1 aromatic carbocycles. The summed E-state index contributed by atoms with van der Waals surface area (Å²) in [6.07, 6.45) is 1.44. The highest BCUT2D eigenvalue weighted by Gasteiger charge is 2.14. The van der Waals surface area contributed by atoms with Gasteiger partial charge in [0.1, 0.15) is 0 Å². The van der Waals surface area contributed by atoms with Gasteiger partial charge in [-0.15, -0.1) is 5.10 Å². The normalized spacial score (nSPS) is 10.7. The molecule has 0 bridgehead atoms. The van der Waals surface area contributed by atoms with Crippen molar-refractivity contribution in [2.45, 2.75) is 6.92 Å².